The predicted octanol–water partition coefficient (Wildman–Crippen LogP) is 1.89. The second-order valence-electron chi connectivity index (χ2n) is 6.63. The van der Waals surface area contributed by atoms with E-state index in [2.05, 4.69) is 17.1 Å². The minimum Gasteiger partial charge on any atom is -0.353 e. The van der Waals surface area contributed by atoms with Crippen molar-refractivity contribution in [2.75, 3.05) is 26.2 Å². The van der Waals surface area contributed by atoms with E-state index in [0.29, 0.717) is 12.6 Å². The van der Waals surface area contributed by atoms with Gasteiger partial charge in [-0.3, -0.25) is 4.79 Å². The van der Waals surface area contributed by atoms with Gasteiger partial charge in [-0.15, -0.1) is 0 Å². The van der Waals surface area contributed by atoms with Crippen LogP contribution in [-0.2, 0) is 4.79 Å². The average Bonchev–Trinajstić information content (AvgIpc) is 2.50. The second-order valence-corrected chi connectivity index (χ2v) is 6.63. The number of likely N-dealkylation sites (tertiary alicyclic amines) is 1. The first-order valence-corrected chi connectivity index (χ1v) is 8.43. The SMILES string of the molecule is CCCN1CCC(NC(=O)C2(CN)CCCCC2)CC1. The zero-order chi connectivity index (χ0) is 14.4. The van der Waals surface area contributed by atoms with Crippen molar-refractivity contribution >= 4 is 5.91 Å². The zero-order valence-electron chi connectivity index (χ0n) is 13.0. The normalized spacial score (nSPS) is 24.5. The topological polar surface area (TPSA) is 58.4 Å². The lowest BCUT2D eigenvalue weighted by Gasteiger charge is -2.38. The first-order chi connectivity index (χ1) is 9.70. The number of hydrogen-bond acceptors (Lipinski definition) is 3. The van der Waals surface area contributed by atoms with Gasteiger partial charge >= 0.3 is 0 Å². The monoisotopic (exact) mass is 281 g/mol. The van der Waals surface area contributed by atoms with Crippen LogP contribution >= 0.6 is 0 Å². The lowest BCUT2D eigenvalue weighted by Crippen LogP contribution is -2.52. The van der Waals surface area contributed by atoms with Gasteiger partial charge in [0.2, 0.25) is 5.91 Å². The Morgan fingerprint density at radius 2 is 1.90 bits per heavy atom. The second kappa shape index (κ2) is 7.41. The van der Waals surface area contributed by atoms with Gasteiger partial charge in [0, 0.05) is 25.7 Å². The van der Waals surface area contributed by atoms with Crippen LogP contribution < -0.4 is 11.1 Å². The molecule has 0 aromatic heterocycles. The summed E-state index contributed by atoms with van der Waals surface area (Å²) >= 11 is 0. The van der Waals surface area contributed by atoms with E-state index < -0.39 is 0 Å². The Bertz CT molecular complexity index is 305. The van der Waals surface area contributed by atoms with Gasteiger partial charge in [0.15, 0.2) is 0 Å². The van der Waals surface area contributed by atoms with Crippen LogP contribution in [-0.4, -0.2) is 43.0 Å². The molecule has 0 aromatic rings. The molecule has 2 aliphatic rings. The molecule has 4 heteroatoms. The van der Waals surface area contributed by atoms with Crippen LogP contribution in [0.4, 0.5) is 0 Å². The maximum absolute atomic E-state index is 12.6. The van der Waals surface area contributed by atoms with Crippen molar-refractivity contribution in [3.63, 3.8) is 0 Å². The maximum atomic E-state index is 12.6. The Balaban J connectivity index is 1.82. The number of nitrogens with one attached hydrogen (secondary N) is 1. The summed E-state index contributed by atoms with van der Waals surface area (Å²) < 4.78 is 0. The van der Waals surface area contributed by atoms with Gasteiger partial charge in [-0.2, -0.15) is 0 Å². The molecule has 116 valence electrons. The largest absolute Gasteiger partial charge is 0.353 e. The fraction of sp³-hybridized carbons (Fsp3) is 0.938. The van der Waals surface area contributed by atoms with E-state index in [-0.39, 0.29) is 11.3 Å². The molecule has 1 heterocycles. The third-order valence-corrected chi connectivity index (χ3v) is 5.15. The van der Waals surface area contributed by atoms with Gasteiger partial charge < -0.3 is 16.0 Å². The lowest BCUT2D eigenvalue weighted by molar-refractivity contribution is -0.133. The molecule has 0 aromatic carbocycles. The fourth-order valence-corrected chi connectivity index (χ4v) is 3.71. The number of carbonyl (C=O) groups is 1. The van der Waals surface area contributed by atoms with E-state index in [4.69, 9.17) is 5.73 Å². The van der Waals surface area contributed by atoms with Crippen molar-refractivity contribution in [2.24, 2.45) is 11.1 Å². The molecule has 3 N–H and O–H groups in total. The highest BCUT2D eigenvalue weighted by atomic mass is 16.2. The molecule has 4 nitrogen and oxygen atoms in total. The molecule has 0 atom stereocenters. The van der Waals surface area contributed by atoms with Crippen LogP contribution in [0.3, 0.4) is 0 Å². The van der Waals surface area contributed by atoms with Crippen LogP contribution in [0.2, 0.25) is 0 Å². The number of nitrogens with zero attached hydrogens (tertiary/aromatic N) is 1. The summed E-state index contributed by atoms with van der Waals surface area (Å²) in [5.74, 6) is 0.230. The Hall–Kier alpha value is -0.610. The summed E-state index contributed by atoms with van der Waals surface area (Å²) in [6.07, 6.45) is 8.91. The fourth-order valence-electron chi connectivity index (χ4n) is 3.71. The first-order valence-electron chi connectivity index (χ1n) is 8.43. The molecule has 2 rings (SSSR count). The number of carbonyl (C=O) groups excluding carboxylic acids is 1. The molecule has 20 heavy (non-hydrogen) atoms. The number of hydrogen-bond donors (Lipinski definition) is 2. The lowest BCUT2D eigenvalue weighted by atomic mass is 9.73. The van der Waals surface area contributed by atoms with Gasteiger partial charge in [-0.25, -0.2) is 0 Å². The minimum absolute atomic E-state index is 0.230. The van der Waals surface area contributed by atoms with E-state index >= 15 is 0 Å². The van der Waals surface area contributed by atoms with Gasteiger partial charge in [0.05, 0.1) is 5.41 Å². The third-order valence-electron chi connectivity index (χ3n) is 5.15. The summed E-state index contributed by atoms with van der Waals surface area (Å²) in [6, 6.07) is 0.362. The highest BCUT2D eigenvalue weighted by Crippen LogP contribution is 2.35. The van der Waals surface area contributed by atoms with Gasteiger partial charge in [-0.1, -0.05) is 26.2 Å². The predicted molar refractivity (Wildman–Crippen MR) is 82.5 cm³/mol. The molecule has 0 spiro atoms. The zero-order valence-corrected chi connectivity index (χ0v) is 13.0. The van der Waals surface area contributed by atoms with Crippen LogP contribution in [0.25, 0.3) is 0 Å². The Morgan fingerprint density at radius 3 is 2.45 bits per heavy atom. The van der Waals surface area contributed by atoms with E-state index in [9.17, 15) is 4.79 Å². The number of nitrogens with two attached hydrogens (primary N) is 1. The minimum atomic E-state index is -0.265. The van der Waals surface area contributed by atoms with E-state index in [1.165, 1.54) is 19.4 Å². The number of piperidine rings is 1. The smallest absolute Gasteiger partial charge is 0.227 e. The van der Waals surface area contributed by atoms with Crippen molar-refractivity contribution in [1.82, 2.24) is 10.2 Å². The molecule has 0 radical (unpaired) electrons. The summed E-state index contributed by atoms with van der Waals surface area (Å²) in [7, 11) is 0. The summed E-state index contributed by atoms with van der Waals surface area (Å²) in [5, 5.41) is 3.30. The molecule has 1 saturated carbocycles. The van der Waals surface area contributed by atoms with Crippen LogP contribution in [0.15, 0.2) is 0 Å². The molecular weight excluding hydrogens is 250 g/mol. The molecule has 1 saturated heterocycles. The highest BCUT2D eigenvalue weighted by Gasteiger charge is 2.39. The molecule has 0 unspecified atom stereocenters. The quantitative estimate of drug-likeness (QED) is 0.809. The van der Waals surface area contributed by atoms with Crippen LogP contribution in [0, 0.1) is 5.41 Å². The van der Waals surface area contributed by atoms with E-state index in [1.807, 2.05) is 0 Å². The third kappa shape index (κ3) is 3.73. The van der Waals surface area contributed by atoms with Crippen molar-refractivity contribution in [2.45, 2.75) is 64.3 Å². The summed E-state index contributed by atoms with van der Waals surface area (Å²) in [4.78, 5) is 15.1. The van der Waals surface area contributed by atoms with E-state index in [0.717, 1.165) is 51.6 Å². The van der Waals surface area contributed by atoms with E-state index in [1.54, 1.807) is 0 Å². The number of amides is 1. The first kappa shape index (κ1) is 15.8. The van der Waals surface area contributed by atoms with Crippen LogP contribution in [0.1, 0.15) is 58.3 Å². The van der Waals surface area contributed by atoms with Gasteiger partial charge in [-0.05, 0) is 38.6 Å². The highest BCUT2D eigenvalue weighted by molar-refractivity contribution is 5.83. The molecular formula is C16H31N3O. The van der Waals surface area contributed by atoms with Crippen LogP contribution in [0.5, 0.6) is 0 Å². The van der Waals surface area contributed by atoms with Crippen molar-refractivity contribution in [1.29, 1.82) is 0 Å². The van der Waals surface area contributed by atoms with Gasteiger partial charge in [0.25, 0.3) is 0 Å². The Morgan fingerprint density at radius 1 is 1.25 bits per heavy atom. The summed E-state index contributed by atoms with van der Waals surface area (Å²) in [6.45, 7) is 6.16. The average molecular weight is 281 g/mol. The molecule has 1 aliphatic heterocycles. The maximum Gasteiger partial charge on any atom is 0.227 e. The standard InChI is InChI=1S/C16H31N3O/c1-2-10-19-11-6-14(7-12-19)18-15(20)16(13-17)8-4-3-5-9-16/h14H,2-13,17H2,1H3,(H,18,20). The van der Waals surface area contributed by atoms with Crippen molar-refractivity contribution in [3.8, 4) is 0 Å². The van der Waals surface area contributed by atoms with Crippen molar-refractivity contribution < 1.29 is 4.79 Å². The molecule has 2 fully saturated rings. The Kier molecular flexibility index (Phi) is 5.85. The molecule has 0 bridgehead atoms. The number of rotatable bonds is 5. The molecule has 1 amide bonds. The van der Waals surface area contributed by atoms with Gasteiger partial charge in [0.1, 0.15) is 0 Å². The molecule has 1 aliphatic carbocycles. The Labute approximate surface area is 123 Å². The summed E-state index contributed by atoms with van der Waals surface area (Å²) in [5.41, 5.74) is 5.67. The van der Waals surface area contributed by atoms with Crippen molar-refractivity contribution in [3.05, 3.63) is 0 Å².